The van der Waals surface area contributed by atoms with Crippen molar-refractivity contribution in [3.05, 3.63) is 63.9 Å². The van der Waals surface area contributed by atoms with Crippen LogP contribution in [-0.2, 0) is 12.8 Å². The van der Waals surface area contributed by atoms with Gasteiger partial charge in [-0.1, -0.05) is 24.3 Å². The third-order valence-electron chi connectivity index (χ3n) is 3.63. The number of nitrogens with one attached hydrogen (secondary N) is 1. The number of benzene rings is 2. The lowest BCUT2D eigenvalue weighted by Gasteiger charge is -2.26. The molecule has 98 valence electrons. The molecule has 0 amide bonds. The highest BCUT2D eigenvalue weighted by molar-refractivity contribution is 9.10. The Morgan fingerprint density at radius 1 is 1.11 bits per heavy atom. The van der Waals surface area contributed by atoms with Gasteiger partial charge in [-0.2, -0.15) is 0 Å². The van der Waals surface area contributed by atoms with Gasteiger partial charge in [0, 0.05) is 10.5 Å². The fourth-order valence-corrected chi connectivity index (χ4v) is 3.01. The number of anilines is 1. The van der Waals surface area contributed by atoms with Crippen LogP contribution in [0.4, 0.5) is 10.1 Å². The standard InChI is InChI=1S/C16H15BrFN/c17-15-8-6-13(18)10-16(15)19-14-7-5-11-3-1-2-4-12(11)9-14/h1-4,6,8,10,14,19H,5,7,9H2. The van der Waals surface area contributed by atoms with Gasteiger partial charge in [-0.15, -0.1) is 0 Å². The van der Waals surface area contributed by atoms with Crippen LogP contribution in [0.15, 0.2) is 46.9 Å². The minimum atomic E-state index is -0.207. The molecule has 19 heavy (non-hydrogen) atoms. The molecule has 0 saturated carbocycles. The van der Waals surface area contributed by atoms with Crippen LogP contribution >= 0.6 is 15.9 Å². The van der Waals surface area contributed by atoms with E-state index in [-0.39, 0.29) is 5.82 Å². The smallest absolute Gasteiger partial charge is 0.125 e. The van der Waals surface area contributed by atoms with Gasteiger partial charge in [0.25, 0.3) is 0 Å². The first-order chi connectivity index (χ1) is 9.22. The predicted octanol–water partition coefficient (Wildman–Crippen LogP) is 4.56. The van der Waals surface area contributed by atoms with Gasteiger partial charge in [0.2, 0.25) is 0 Å². The SMILES string of the molecule is Fc1ccc(Br)c(NC2CCc3ccccc3C2)c1. The van der Waals surface area contributed by atoms with Crippen molar-refractivity contribution in [3.63, 3.8) is 0 Å². The van der Waals surface area contributed by atoms with Crippen molar-refractivity contribution in [1.82, 2.24) is 0 Å². The number of hydrogen-bond acceptors (Lipinski definition) is 1. The Morgan fingerprint density at radius 2 is 1.89 bits per heavy atom. The molecule has 0 saturated heterocycles. The Kier molecular flexibility index (Phi) is 3.56. The molecule has 3 rings (SSSR count). The van der Waals surface area contributed by atoms with Gasteiger partial charge in [0.15, 0.2) is 0 Å². The van der Waals surface area contributed by atoms with Gasteiger partial charge in [-0.05, 0) is 64.5 Å². The topological polar surface area (TPSA) is 12.0 Å². The lowest BCUT2D eigenvalue weighted by Crippen LogP contribution is -2.27. The second-order valence-electron chi connectivity index (χ2n) is 4.98. The lowest BCUT2D eigenvalue weighted by atomic mass is 9.88. The van der Waals surface area contributed by atoms with E-state index in [0.29, 0.717) is 6.04 Å². The molecule has 0 bridgehead atoms. The van der Waals surface area contributed by atoms with Crippen LogP contribution in [0, 0.1) is 5.82 Å². The molecule has 2 aromatic rings. The van der Waals surface area contributed by atoms with Crippen LogP contribution in [0.1, 0.15) is 17.5 Å². The maximum Gasteiger partial charge on any atom is 0.125 e. The van der Waals surface area contributed by atoms with Crippen LogP contribution in [0.2, 0.25) is 0 Å². The molecule has 0 spiro atoms. The first kappa shape index (κ1) is 12.7. The van der Waals surface area contributed by atoms with Crippen molar-refractivity contribution in [2.24, 2.45) is 0 Å². The summed E-state index contributed by atoms with van der Waals surface area (Å²) in [4.78, 5) is 0. The molecule has 0 aliphatic heterocycles. The Labute approximate surface area is 121 Å². The number of rotatable bonds is 2. The van der Waals surface area contributed by atoms with E-state index in [4.69, 9.17) is 0 Å². The maximum atomic E-state index is 13.3. The highest BCUT2D eigenvalue weighted by Crippen LogP contribution is 2.28. The van der Waals surface area contributed by atoms with Crippen LogP contribution < -0.4 is 5.32 Å². The lowest BCUT2D eigenvalue weighted by molar-refractivity contribution is 0.606. The Morgan fingerprint density at radius 3 is 2.74 bits per heavy atom. The fraction of sp³-hybridized carbons (Fsp3) is 0.250. The molecule has 0 fully saturated rings. The van der Waals surface area contributed by atoms with Gasteiger partial charge in [0.1, 0.15) is 5.82 Å². The summed E-state index contributed by atoms with van der Waals surface area (Å²) in [5, 5.41) is 3.44. The molecule has 1 unspecified atom stereocenters. The zero-order valence-electron chi connectivity index (χ0n) is 10.5. The van der Waals surface area contributed by atoms with Gasteiger partial charge in [-0.25, -0.2) is 4.39 Å². The van der Waals surface area contributed by atoms with Crippen LogP contribution in [0.3, 0.4) is 0 Å². The van der Waals surface area contributed by atoms with Gasteiger partial charge < -0.3 is 5.32 Å². The zero-order chi connectivity index (χ0) is 13.2. The summed E-state index contributed by atoms with van der Waals surface area (Å²) in [5.41, 5.74) is 3.68. The quantitative estimate of drug-likeness (QED) is 0.855. The van der Waals surface area contributed by atoms with E-state index in [1.54, 1.807) is 12.1 Å². The number of halogens is 2. The average molecular weight is 320 g/mol. The molecular formula is C16H15BrFN. The highest BCUT2D eigenvalue weighted by Gasteiger charge is 2.18. The molecule has 1 N–H and O–H groups in total. The summed E-state index contributed by atoms with van der Waals surface area (Å²) in [6.07, 6.45) is 3.17. The molecule has 0 radical (unpaired) electrons. The normalized spacial score (nSPS) is 17.9. The second-order valence-corrected chi connectivity index (χ2v) is 5.83. The fourth-order valence-electron chi connectivity index (χ4n) is 2.65. The molecule has 3 heteroatoms. The molecule has 1 nitrogen and oxygen atoms in total. The van der Waals surface area contributed by atoms with E-state index in [1.165, 1.54) is 17.2 Å². The van der Waals surface area contributed by atoms with Gasteiger partial charge in [-0.3, -0.25) is 0 Å². The second kappa shape index (κ2) is 5.33. The van der Waals surface area contributed by atoms with Crippen molar-refractivity contribution in [3.8, 4) is 0 Å². The van der Waals surface area contributed by atoms with Gasteiger partial charge in [0.05, 0.1) is 5.69 Å². The number of aryl methyl sites for hydroxylation is 1. The maximum absolute atomic E-state index is 13.3. The molecule has 0 heterocycles. The Balaban J connectivity index is 1.77. The Hall–Kier alpha value is -1.35. The molecule has 1 atom stereocenters. The van der Waals surface area contributed by atoms with E-state index < -0.39 is 0 Å². The Bertz CT molecular complexity index is 597. The van der Waals surface area contributed by atoms with Crippen LogP contribution in [0.5, 0.6) is 0 Å². The summed E-state index contributed by atoms with van der Waals surface area (Å²) in [6.45, 7) is 0. The molecular weight excluding hydrogens is 305 g/mol. The van der Waals surface area contributed by atoms with Gasteiger partial charge >= 0.3 is 0 Å². The van der Waals surface area contributed by atoms with E-state index >= 15 is 0 Å². The minimum Gasteiger partial charge on any atom is -0.381 e. The first-order valence-corrected chi connectivity index (χ1v) is 7.30. The summed E-state index contributed by atoms with van der Waals surface area (Å²) in [7, 11) is 0. The van der Waals surface area contributed by atoms with Crippen molar-refractivity contribution in [2.45, 2.75) is 25.3 Å². The number of hydrogen-bond donors (Lipinski definition) is 1. The van der Waals surface area contributed by atoms with Crippen molar-refractivity contribution in [2.75, 3.05) is 5.32 Å². The predicted molar refractivity (Wildman–Crippen MR) is 80.0 cm³/mol. The third-order valence-corrected chi connectivity index (χ3v) is 4.33. The minimum absolute atomic E-state index is 0.207. The highest BCUT2D eigenvalue weighted by atomic mass is 79.9. The van der Waals surface area contributed by atoms with Crippen molar-refractivity contribution < 1.29 is 4.39 Å². The summed E-state index contributed by atoms with van der Waals surface area (Å²) < 4.78 is 14.2. The average Bonchev–Trinajstić information content (AvgIpc) is 2.43. The van der Waals surface area contributed by atoms with E-state index in [0.717, 1.165) is 29.4 Å². The summed E-state index contributed by atoms with van der Waals surface area (Å²) in [6, 6.07) is 13.7. The van der Waals surface area contributed by atoms with E-state index in [2.05, 4.69) is 45.5 Å². The number of fused-ring (bicyclic) bond motifs is 1. The molecule has 1 aliphatic rings. The summed E-state index contributed by atoms with van der Waals surface area (Å²) in [5.74, 6) is -0.207. The summed E-state index contributed by atoms with van der Waals surface area (Å²) >= 11 is 3.46. The first-order valence-electron chi connectivity index (χ1n) is 6.51. The largest absolute Gasteiger partial charge is 0.381 e. The molecule has 2 aromatic carbocycles. The third kappa shape index (κ3) is 2.81. The zero-order valence-corrected chi connectivity index (χ0v) is 12.1. The van der Waals surface area contributed by atoms with Crippen LogP contribution in [-0.4, -0.2) is 6.04 Å². The van der Waals surface area contributed by atoms with E-state index in [9.17, 15) is 4.39 Å². The van der Waals surface area contributed by atoms with Crippen molar-refractivity contribution >= 4 is 21.6 Å². The monoisotopic (exact) mass is 319 g/mol. The van der Waals surface area contributed by atoms with Crippen molar-refractivity contribution in [1.29, 1.82) is 0 Å². The molecule has 0 aromatic heterocycles. The van der Waals surface area contributed by atoms with E-state index in [1.807, 2.05) is 0 Å². The van der Waals surface area contributed by atoms with Crippen LogP contribution in [0.25, 0.3) is 0 Å². The molecule has 1 aliphatic carbocycles.